The lowest BCUT2D eigenvalue weighted by Gasteiger charge is -2.06. The summed E-state index contributed by atoms with van der Waals surface area (Å²) in [5.41, 5.74) is 2.10. The van der Waals surface area contributed by atoms with Crippen LogP contribution in [0.2, 0.25) is 0 Å². The molecule has 0 aliphatic carbocycles. The van der Waals surface area contributed by atoms with Gasteiger partial charge < -0.3 is 0 Å². The van der Waals surface area contributed by atoms with Crippen molar-refractivity contribution in [1.82, 2.24) is 0 Å². The maximum absolute atomic E-state index is 13.3. The number of hydrogen-bond donors (Lipinski definition) is 0. The highest BCUT2D eigenvalue weighted by Crippen LogP contribution is 2.32. The Kier molecular flexibility index (Phi) is 4.48. The molecule has 0 amide bonds. The summed E-state index contributed by atoms with van der Waals surface area (Å²) < 4.78 is 14.3. The van der Waals surface area contributed by atoms with Gasteiger partial charge in [0.25, 0.3) is 0 Å². The minimum absolute atomic E-state index is 0.853. The summed E-state index contributed by atoms with van der Waals surface area (Å²) in [4.78, 5) is 0. The molecule has 0 bridgehead atoms. The first-order chi connectivity index (χ1) is 12.2. The third-order valence-corrected chi connectivity index (χ3v) is 6.33. The molecule has 120 valence electrons. The van der Waals surface area contributed by atoms with Crippen LogP contribution in [0.5, 0.6) is 0 Å². The summed E-state index contributed by atoms with van der Waals surface area (Å²) in [6.45, 7) is 0. The summed E-state index contributed by atoms with van der Waals surface area (Å²) >= 11 is 3.48. The van der Waals surface area contributed by atoms with Crippen molar-refractivity contribution in [2.75, 3.05) is 0 Å². The molecule has 0 N–H and O–H groups in total. The van der Waals surface area contributed by atoms with Crippen molar-refractivity contribution in [3.63, 3.8) is 0 Å². The third kappa shape index (κ3) is 3.28. The van der Waals surface area contributed by atoms with E-state index in [1.54, 1.807) is 0 Å². The zero-order chi connectivity index (χ0) is 17.2. The van der Waals surface area contributed by atoms with Crippen molar-refractivity contribution in [1.29, 1.82) is 0 Å². The molecule has 0 aliphatic rings. The Morgan fingerprint density at radius 1 is 0.680 bits per heavy atom. The largest absolute Gasteiger partial charge is 0.415 e. The molecule has 25 heavy (non-hydrogen) atoms. The molecule has 0 radical (unpaired) electrons. The summed E-state index contributed by atoms with van der Waals surface area (Å²) in [6.07, 6.45) is 0. The van der Waals surface area contributed by atoms with Crippen LogP contribution in [0.25, 0.3) is 21.9 Å². The van der Waals surface area contributed by atoms with Crippen molar-refractivity contribution in [2.45, 2.75) is 0 Å². The van der Waals surface area contributed by atoms with E-state index < -0.39 is 7.80 Å². The van der Waals surface area contributed by atoms with Crippen LogP contribution in [-0.4, -0.2) is 0 Å². The van der Waals surface area contributed by atoms with E-state index in [-0.39, 0.29) is 0 Å². The average molecular weight is 406 g/mol. The van der Waals surface area contributed by atoms with Gasteiger partial charge in [-0.2, -0.15) is 0 Å². The highest BCUT2D eigenvalue weighted by atomic mass is 79.9. The highest BCUT2D eigenvalue weighted by Gasteiger charge is 2.28. The van der Waals surface area contributed by atoms with Gasteiger partial charge in [0.1, 0.15) is 0 Å². The van der Waals surface area contributed by atoms with Crippen molar-refractivity contribution in [2.24, 2.45) is 0 Å². The van der Waals surface area contributed by atoms with Gasteiger partial charge >= 0.3 is 7.80 Å². The van der Waals surface area contributed by atoms with Crippen LogP contribution in [0.1, 0.15) is 0 Å². The first-order valence-corrected chi connectivity index (χ1v) is 10.1. The second kappa shape index (κ2) is 6.92. The second-order valence-corrected chi connectivity index (χ2v) is 8.36. The number of halogens is 1. The predicted molar refractivity (Wildman–Crippen MR) is 110 cm³/mol. The Balaban J connectivity index is 1.96. The quantitative estimate of drug-likeness (QED) is 0.379. The molecule has 0 fully saturated rings. The minimum Gasteiger partial charge on any atom is -0.0619 e. The van der Waals surface area contributed by atoms with Gasteiger partial charge in [0.15, 0.2) is 5.30 Å². The van der Waals surface area contributed by atoms with E-state index in [9.17, 15) is 4.57 Å². The molecule has 4 aromatic carbocycles. The number of hydrogen-bond acceptors (Lipinski definition) is 1. The van der Waals surface area contributed by atoms with E-state index in [1.807, 2.05) is 54.6 Å². The van der Waals surface area contributed by atoms with Crippen LogP contribution < -0.4 is 10.6 Å². The molecule has 1 unspecified atom stereocenters. The fraction of sp³-hybridized carbons (Fsp3) is 0. The second-order valence-electron chi connectivity index (χ2n) is 5.85. The fourth-order valence-corrected chi connectivity index (χ4v) is 4.61. The zero-order valence-electron chi connectivity index (χ0n) is 13.4. The summed E-state index contributed by atoms with van der Waals surface area (Å²) in [6, 6.07) is 30.3. The minimum atomic E-state index is -1.66. The number of rotatable bonds is 3. The van der Waals surface area contributed by atoms with Crippen molar-refractivity contribution >= 4 is 45.1 Å². The number of fused-ring (bicyclic) bond motifs is 1. The van der Waals surface area contributed by atoms with Crippen LogP contribution >= 0.6 is 23.7 Å². The molecule has 0 heterocycles. The van der Waals surface area contributed by atoms with Crippen LogP contribution in [0.3, 0.4) is 0 Å². The maximum Gasteiger partial charge on any atom is 0.415 e. The molecule has 3 heteroatoms. The first kappa shape index (κ1) is 16.2. The molecule has 0 saturated heterocycles. The van der Waals surface area contributed by atoms with Crippen LogP contribution in [0.4, 0.5) is 0 Å². The summed E-state index contributed by atoms with van der Waals surface area (Å²) in [5, 5.41) is 3.99. The molecule has 1 atom stereocenters. The van der Waals surface area contributed by atoms with Crippen molar-refractivity contribution in [3.8, 4) is 11.1 Å². The Hall–Kier alpha value is -2.28. The van der Waals surface area contributed by atoms with E-state index in [0.717, 1.165) is 37.0 Å². The SMILES string of the molecule is O=[P+](c1ccccc1)c1cc2ccccc2cc1-c1ccc(Br)cc1. The molecule has 0 saturated carbocycles. The van der Waals surface area contributed by atoms with E-state index >= 15 is 0 Å². The van der Waals surface area contributed by atoms with Gasteiger partial charge in [0, 0.05) is 16.1 Å². The van der Waals surface area contributed by atoms with Gasteiger partial charge in [-0.1, -0.05) is 75.1 Å². The van der Waals surface area contributed by atoms with Crippen molar-refractivity contribution < 1.29 is 4.57 Å². The van der Waals surface area contributed by atoms with Crippen LogP contribution in [-0.2, 0) is 4.57 Å². The van der Waals surface area contributed by atoms with Gasteiger partial charge in [-0.15, -0.1) is 0 Å². The lowest BCUT2D eigenvalue weighted by atomic mass is 10.0. The van der Waals surface area contributed by atoms with E-state index in [4.69, 9.17) is 0 Å². The topological polar surface area (TPSA) is 17.1 Å². The molecular formula is C22H15BrOP+. The average Bonchev–Trinajstić information content (AvgIpc) is 2.68. The van der Waals surface area contributed by atoms with Gasteiger partial charge in [-0.25, -0.2) is 0 Å². The molecule has 0 spiro atoms. The molecule has 1 nitrogen and oxygen atoms in total. The maximum atomic E-state index is 13.3. The van der Waals surface area contributed by atoms with Gasteiger partial charge in [-0.3, -0.25) is 0 Å². The Morgan fingerprint density at radius 3 is 1.96 bits per heavy atom. The molecule has 4 rings (SSSR count). The molecule has 4 aromatic rings. The molecular weight excluding hydrogens is 391 g/mol. The lowest BCUT2D eigenvalue weighted by molar-refractivity contribution is 0.598. The molecule has 0 aromatic heterocycles. The van der Waals surface area contributed by atoms with Gasteiger partial charge in [-0.05, 0) is 46.7 Å². The standard InChI is InChI=1S/C22H15BrOP/c23-19-12-10-16(11-13-19)21-14-17-6-4-5-7-18(17)15-22(21)25(24)20-8-2-1-3-9-20/h1-15H/q+1. The fourth-order valence-electron chi connectivity index (χ4n) is 2.96. The third-order valence-electron chi connectivity index (χ3n) is 4.23. The Labute approximate surface area is 156 Å². The summed E-state index contributed by atoms with van der Waals surface area (Å²) in [7, 11) is -1.66. The van der Waals surface area contributed by atoms with Gasteiger partial charge in [0.2, 0.25) is 5.30 Å². The smallest absolute Gasteiger partial charge is 0.0619 e. The van der Waals surface area contributed by atoms with Crippen LogP contribution in [0.15, 0.2) is 95.5 Å². The Bertz CT molecular complexity index is 1060. The van der Waals surface area contributed by atoms with Crippen molar-refractivity contribution in [3.05, 3.63) is 95.5 Å². The molecule has 0 aliphatic heterocycles. The lowest BCUT2D eigenvalue weighted by Crippen LogP contribution is -2.09. The van der Waals surface area contributed by atoms with E-state index in [0.29, 0.717) is 0 Å². The van der Waals surface area contributed by atoms with Crippen LogP contribution in [0, 0.1) is 0 Å². The predicted octanol–water partition coefficient (Wildman–Crippen LogP) is 6.05. The first-order valence-electron chi connectivity index (χ1n) is 8.03. The monoisotopic (exact) mass is 405 g/mol. The highest BCUT2D eigenvalue weighted by molar-refractivity contribution is 9.10. The number of benzene rings is 4. The Morgan fingerprint density at radius 2 is 1.28 bits per heavy atom. The van der Waals surface area contributed by atoms with E-state index in [2.05, 4.69) is 52.3 Å². The van der Waals surface area contributed by atoms with E-state index in [1.165, 1.54) is 0 Å². The summed E-state index contributed by atoms with van der Waals surface area (Å²) in [5.74, 6) is 0. The zero-order valence-corrected chi connectivity index (χ0v) is 15.9. The normalized spacial score (nSPS) is 11.5. The van der Waals surface area contributed by atoms with Gasteiger partial charge in [0.05, 0.1) is 0 Å².